The Bertz CT molecular complexity index is 1550. The highest BCUT2D eigenvalue weighted by Gasteiger charge is 2.17. The van der Waals surface area contributed by atoms with E-state index in [1.165, 1.54) is 19.3 Å². The van der Waals surface area contributed by atoms with E-state index >= 15 is 0 Å². The van der Waals surface area contributed by atoms with E-state index in [0.29, 0.717) is 11.6 Å². The van der Waals surface area contributed by atoms with Crippen LogP contribution in [0.1, 0.15) is 19.3 Å². The summed E-state index contributed by atoms with van der Waals surface area (Å²) in [7, 11) is 1.85. The van der Waals surface area contributed by atoms with Crippen LogP contribution in [0.5, 0.6) is 11.6 Å². The minimum absolute atomic E-state index is 0.534. The van der Waals surface area contributed by atoms with Crippen LogP contribution in [0.15, 0.2) is 85.2 Å². The van der Waals surface area contributed by atoms with Gasteiger partial charge in [-0.2, -0.15) is 0 Å². The van der Waals surface area contributed by atoms with Crippen LogP contribution in [0, 0.1) is 0 Å². The van der Waals surface area contributed by atoms with E-state index in [2.05, 4.69) is 53.9 Å². The Kier molecular flexibility index (Phi) is 6.68. The van der Waals surface area contributed by atoms with Crippen molar-refractivity contribution in [2.45, 2.75) is 19.3 Å². The van der Waals surface area contributed by atoms with E-state index in [1.807, 2.05) is 61.6 Å². The maximum atomic E-state index is 6.18. The molecule has 1 aliphatic heterocycles. The summed E-state index contributed by atoms with van der Waals surface area (Å²) in [4.78, 5) is 11.1. The van der Waals surface area contributed by atoms with Crippen molar-refractivity contribution in [3.05, 3.63) is 85.2 Å². The molecule has 0 radical (unpaired) electrons. The Hall–Kier alpha value is -4.72. The molecular formula is C30H29N7O. The van der Waals surface area contributed by atoms with Gasteiger partial charge in [0.2, 0.25) is 5.88 Å². The smallest absolute Gasteiger partial charge is 0.227 e. The zero-order chi connectivity index (χ0) is 25.7. The fourth-order valence-corrected chi connectivity index (χ4v) is 4.80. The summed E-state index contributed by atoms with van der Waals surface area (Å²) in [6.07, 6.45) is 7.17. The highest BCUT2D eigenvalue weighted by atomic mass is 16.5. The first kappa shape index (κ1) is 23.7. The van der Waals surface area contributed by atoms with Crippen LogP contribution in [-0.4, -0.2) is 40.3 Å². The molecule has 5 aromatic rings. The molecule has 0 unspecified atom stereocenters. The van der Waals surface area contributed by atoms with E-state index in [1.54, 1.807) is 12.4 Å². The molecule has 2 aromatic carbocycles. The maximum absolute atomic E-state index is 6.18. The van der Waals surface area contributed by atoms with Gasteiger partial charge in [-0.15, -0.1) is 10.2 Å². The van der Waals surface area contributed by atoms with Crippen LogP contribution in [0.2, 0.25) is 0 Å². The first-order valence-corrected chi connectivity index (χ1v) is 12.9. The lowest BCUT2D eigenvalue weighted by molar-refractivity contribution is 0.465. The van der Waals surface area contributed by atoms with Gasteiger partial charge in [0.05, 0.1) is 0 Å². The van der Waals surface area contributed by atoms with Crippen molar-refractivity contribution in [3.63, 3.8) is 0 Å². The van der Waals surface area contributed by atoms with Gasteiger partial charge in [0.1, 0.15) is 11.6 Å². The second-order valence-corrected chi connectivity index (χ2v) is 9.25. The van der Waals surface area contributed by atoms with Gasteiger partial charge in [0.25, 0.3) is 0 Å². The van der Waals surface area contributed by atoms with E-state index in [4.69, 9.17) is 4.74 Å². The highest BCUT2D eigenvalue weighted by Crippen LogP contribution is 2.34. The van der Waals surface area contributed by atoms with Gasteiger partial charge in [-0.3, -0.25) is 0 Å². The standard InChI is InChI=1S/C30H29N7O/c1-31-27-20-21(15-17-32-27)24-10-7-16-33-30(24)38-23-13-11-22(12-14-23)34-28-25-8-3-4-9-26(25)29(36-35-28)37-18-5-2-6-19-37/h3-4,7-17,20H,2,5-6,18-19H2,1H3,(H,31,32)(H,34,35). The van der Waals surface area contributed by atoms with E-state index in [9.17, 15) is 0 Å². The molecule has 0 spiro atoms. The molecule has 2 N–H and O–H groups in total. The Morgan fingerprint density at radius 2 is 1.61 bits per heavy atom. The molecule has 0 aliphatic carbocycles. The fourth-order valence-electron chi connectivity index (χ4n) is 4.80. The largest absolute Gasteiger partial charge is 0.438 e. The Morgan fingerprint density at radius 1 is 0.789 bits per heavy atom. The molecule has 190 valence electrons. The average Bonchev–Trinajstić information content (AvgIpc) is 2.99. The number of benzene rings is 2. The summed E-state index contributed by atoms with van der Waals surface area (Å²) >= 11 is 0. The Labute approximate surface area is 221 Å². The highest BCUT2D eigenvalue weighted by molar-refractivity contribution is 5.99. The third kappa shape index (κ3) is 4.93. The third-order valence-electron chi connectivity index (χ3n) is 6.75. The van der Waals surface area contributed by atoms with Gasteiger partial charge in [-0.05, 0) is 73.4 Å². The molecule has 0 atom stereocenters. The predicted molar refractivity (Wildman–Crippen MR) is 152 cm³/mol. The average molecular weight is 504 g/mol. The van der Waals surface area contributed by atoms with Gasteiger partial charge >= 0.3 is 0 Å². The van der Waals surface area contributed by atoms with Gasteiger partial charge in [0, 0.05) is 54.6 Å². The molecule has 0 saturated carbocycles. The number of fused-ring (bicyclic) bond motifs is 1. The summed E-state index contributed by atoms with van der Waals surface area (Å²) in [5.74, 6) is 3.71. The van der Waals surface area contributed by atoms with E-state index in [-0.39, 0.29) is 0 Å². The van der Waals surface area contributed by atoms with Gasteiger partial charge in [0.15, 0.2) is 11.6 Å². The molecule has 6 rings (SSSR count). The topological polar surface area (TPSA) is 88.1 Å². The molecule has 1 saturated heterocycles. The van der Waals surface area contributed by atoms with Gasteiger partial charge in [-0.1, -0.05) is 24.3 Å². The van der Waals surface area contributed by atoms with Crippen molar-refractivity contribution in [1.82, 2.24) is 20.2 Å². The molecule has 4 heterocycles. The van der Waals surface area contributed by atoms with Crippen molar-refractivity contribution < 1.29 is 4.74 Å². The molecular weight excluding hydrogens is 474 g/mol. The third-order valence-corrected chi connectivity index (χ3v) is 6.75. The number of hydrogen-bond donors (Lipinski definition) is 2. The van der Waals surface area contributed by atoms with Crippen molar-refractivity contribution in [1.29, 1.82) is 0 Å². The predicted octanol–water partition coefficient (Wildman–Crippen LogP) is 6.65. The number of hydrogen-bond acceptors (Lipinski definition) is 8. The van der Waals surface area contributed by atoms with Crippen LogP contribution in [0.3, 0.4) is 0 Å². The Morgan fingerprint density at radius 3 is 2.42 bits per heavy atom. The lowest BCUT2D eigenvalue weighted by Crippen LogP contribution is -2.30. The van der Waals surface area contributed by atoms with Gasteiger partial charge < -0.3 is 20.3 Å². The van der Waals surface area contributed by atoms with Crippen molar-refractivity contribution in [2.24, 2.45) is 0 Å². The monoisotopic (exact) mass is 503 g/mol. The molecule has 38 heavy (non-hydrogen) atoms. The number of nitrogens with one attached hydrogen (secondary N) is 2. The normalized spacial score (nSPS) is 13.3. The van der Waals surface area contributed by atoms with Crippen molar-refractivity contribution in [3.8, 4) is 22.8 Å². The lowest BCUT2D eigenvalue weighted by atomic mass is 10.1. The van der Waals surface area contributed by atoms with Crippen LogP contribution in [0.4, 0.5) is 23.1 Å². The summed E-state index contributed by atoms with van der Waals surface area (Å²) in [6, 6.07) is 23.9. The first-order chi connectivity index (χ1) is 18.8. The molecule has 8 nitrogen and oxygen atoms in total. The summed E-state index contributed by atoms with van der Waals surface area (Å²) in [6.45, 7) is 2.06. The molecule has 0 amide bonds. The number of nitrogens with zero attached hydrogens (tertiary/aromatic N) is 5. The van der Waals surface area contributed by atoms with Crippen LogP contribution in [0.25, 0.3) is 21.9 Å². The number of ether oxygens (including phenoxy) is 1. The van der Waals surface area contributed by atoms with Gasteiger partial charge in [-0.25, -0.2) is 9.97 Å². The van der Waals surface area contributed by atoms with E-state index < -0.39 is 0 Å². The molecule has 8 heteroatoms. The molecule has 1 aliphatic rings. The van der Waals surface area contributed by atoms with Crippen LogP contribution >= 0.6 is 0 Å². The van der Waals surface area contributed by atoms with Crippen molar-refractivity contribution >= 4 is 33.9 Å². The van der Waals surface area contributed by atoms with Crippen LogP contribution in [-0.2, 0) is 0 Å². The summed E-state index contributed by atoms with van der Waals surface area (Å²) in [5.41, 5.74) is 2.77. The first-order valence-electron chi connectivity index (χ1n) is 12.9. The summed E-state index contributed by atoms with van der Waals surface area (Å²) < 4.78 is 6.18. The molecule has 1 fully saturated rings. The minimum atomic E-state index is 0.534. The number of piperidine rings is 1. The number of aromatic nitrogens is 4. The van der Waals surface area contributed by atoms with Crippen LogP contribution < -0.4 is 20.3 Å². The SMILES string of the molecule is CNc1cc(-c2cccnc2Oc2ccc(Nc3nnc(N4CCCCC4)c4ccccc34)cc2)ccn1. The second-order valence-electron chi connectivity index (χ2n) is 9.25. The maximum Gasteiger partial charge on any atom is 0.227 e. The summed E-state index contributed by atoms with van der Waals surface area (Å²) in [5, 5.41) is 17.9. The second kappa shape index (κ2) is 10.7. The lowest BCUT2D eigenvalue weighted by Gasteiger charge is -2.28. The van der Waals surface area contributed by atoms with E-state index in [0.717, 1.165) is 58.1 Å². The Balaban J connectivity index is 1.22. The molecule has 0 bridgehead atoms. The zero-order valence-electron chi connectivity index (χ0n) is 21.3. The fraction of sp³-hybridized carbons (Fsp3) is 0.200. The number of rotatable bonds is 7. The molecule has 3 aromatic heterocycles. The minimum Gasteiger partial charge on any atom is -0.438 e. The number of anilines is 4. The van der Waals surface area contributed by atoms with Crippen molar-refractivity contribution in [2.75, 3.05) is 35.7 Å². The zero-order valence-corrected chi connectivity index (χ0v) is 21.3. The number of pyridine rings is 2. The quantitative estimate of drug-likeness (QED) is 0.255.